The third kappa shape index (κ3) is 3.27. The topological polar surface area (TPSA) is 58.1 Å². The number of thiazole rings is 1. The van der Waals surface area contributed by atoms with Crippen LogP contribution in [0.5, 0.6) is 0 Å². The van der Waals surface area contributed by atoms with Crippen LogP contribution in [0.1, 0.15) is 17.7 Å². The van der Waals surface area contributed by atoms with Crippen molar-refractivity contribution in [2.24, 2.45) is 5.92 Å². The van der Waals surface area contributed by atoms with Gasteiger partial charge in [-0.05, 0) is 36.4 Å². The highest BCUT2D eigenvalue weighted by atomic mass is 32.1. The highest BCUT2D eigenvalue weighted by Gasteiger charge is 2.27. The summed E-state index contributed by atoms with van der Waals surface area (Å²) in [6.45, 7) is 2.31. The lowest BCUT2D eigenvalue weighted by atomic mass is 9.97. The Morgan fingerprint density at radius 3 is 3.17 bits per heavy atom. The first-order valence-electron chi connectivity index (χ1n) is 8.06. The van der Waals surface area contributed by atoms with Gasteiger partial charge in [0.05, 0.1) is 12.5 Å². The number of anilines is 1. The van der Waals surface area contributed by atoms with Gasteiger partial charge in [-0.15, -0.1) is 11.3 Å². The molecule has 3 aromatic rings. The summed E-state index contributed by atoms with van der Waals surface area (Å²) in [5, 5.41) is 6.07. The zero-order valence-electron chi connectivity index (χ0n) is 13.1. The second kappa shape index (κ2) is 6.86. The summed E-state index contributed by atoms with van der Waals surface area (Å²) in [7, 11) is 0. The minimum Gasteiger partial charge on any atom is -0.351 e. The van der Waals surface area contributed by atoms with Crippen molar-refractivity contribution in [3.8, 4) is 0 Å². The Hall–Kier alpha value is -1.99. The third-order valence-corrected chi connectivity index (χ3v) is 6.15. The van der Waals surface area contributed by atoms with Crippen LogP contribution < -0.4 is 10.2 Å². The Bertz CT molecular complexity index is 797. The summed E-state index contributed by atoms with van der Waals surface area (Å²) in [4.78, 5) is 25.9. The van der Waals surface area contributed by atoms with Crippen molar-refractivity contribution in [2.75, 3.05) is 18.0 Å². The molecule has 124 valence electrons. The molecule has 24 heavy (non-hydrogen) atoms. The Kier molecular flexibility index (Phi) is 4.44. The van der Waals surface area contributed by atoms with Crippen LogP contribution in [0.25, 0.3) is 10.3 Å². The quantitative estimate of drug-likeness (QED) is 0.777. The van der Waals surface area contributed by atoms with E-state index in [0.29, 0.717) is 6.54 Å². The van der Waals surface area contributed by atoms with E-state index < -0.39 is 0 Å². The number of carbonyl (C=O) groups is 1. The molecule has 0 saturated carbocycles. The molecule has 0 aliphatic carbocycles. The summed E-state index contributed by atoms with van der Waals surface area (Å²) in [6.07, 6.45) is 3.75. The van der Waals surface area contributed by atoms with Crippen LogP contribution in [-0.2, 0) is 11.3 Å². The van der Waals surface area contributed by atoms with Gasteiger partial charge < -0.3 is 10.2 Å². The van der Waals surface area contributed by atoms with Crippen LogP contribution in [0.3, 0.4) is 0 Å². The minimum absolute atomic E-state index is 0.0266. The van der Waals surface area contributed by atoms with Crippen molar-refractivity contribution in [3.63, 3.8) is 0 Å². The Morgan fingerprint density at radius 1 is 1.38 bits per heavy atom. The molecule has 1 fully saturated rings. The molecule has 1 aliphatic heterocycles. The molecule has 1 saturated heterocycles. The molecule has 5 nitrogen and oxygen atoms in total. The number of fused-ring (bicyclic) bond motifs is 1. The molecule has 1 atom stereocenters. The lowest BCUT2D eigenvalue weighted by molar-refractivity contribution is -0.125. The summed E-state index contributed by atoms with van der Waals surface area (Å²) in [6, 6.07) is 7.95. The fourth-order valence-corrected chi connectivity index (χ4v) is 4.58. The number of thiophene rings is 1. The molecule has 3 aromatic heterocycles. The van der Waals surface area contributed by atoms with E-state index in [1.165, 1.54) is 4.88 Å². The number of piperidine rings is 1. The number of nitrogens with zero attached hydrogens (tertiary/aromatic N) is 3. The second-order valence-corrected chi connectivity index (χ2v) is 7.89. The van der Waals surface area contributed by atoms with E-state index in [-0.39, 0.29) is 11.8 Å². The van der Waals surface area contributed by atoms with Gasteiger partial charge in [-0.25, -0.2) is 9.97 Å². The average Bonchev–Trinajstić information content (AvgIpc) is 3.29. The maximum atomic E-state index is 12.5. The molecule has 0 bridgehead atoms. The first-order chi connectivity index (χ1) is 11.8. The van der Waals surface area contributed by atoms with Crippen LogP contribution in [0, 0.1) is 5.92 Å². The van der Waals surface area contributed by atoms with E-state index >= 15 is 0 Å². The molecule has 7 heteroatoms. The number of amides is 1. The fraction of sp³-hybridized carbons (Fsp3) is 0.353. The normalized spacial score (nSPS) is 18.0. The number of pyridine rings is 1. The lowest BCUT2D eigenvalue weighted by Gasteiger charge is -2.31. The van der Waals surface area contributed by atoms with Gasteiger partial charge in [-0.3, -0.25) is 4.79 Å². The zero-order valence-corrected chi connectivity index (χ0v) is 14.8. The van der Waals surface area contributed by atoms with Gasteiger partial charge in [0.25, 0.3) is 0 Å². The molecule has 0 unspecified atom stereocenters. The van der Waals surface area contributed by atoms with Gasteiger partial charge in [0, 0.05) is 24.2 Å². The fourth-order valence-electron chi connectivity index (χ4n) is 2.99. The number of aromatic nitrogens is 2. The maximum absolute atomic E-state index is 12.5. The van der Waals surface area contributed by atoms with Crippen molar-refractivity contribution in [1.29, 1.82) is 0 Å². The monoisotopic (exact) mass is 358 g/mol. The van der Waals surface area contributed by atoms with E-state index in [4.69, 9.17) is 0 Å². The van der Waals surface area contributed by atoms with Crippen LogP contribution in [0.15, 0.2) is 35.8 Å². The summed E-state index contributed by atoms with van der Waals surface area (Å²) < 4.78 is 0. The van der Waals surface area contributed by atoms with E-state index in [0.717, 1.165) is 41.4 Å². The standard InChI is InChI=1S/C17H18N4OS2/c22-15(19-10-13-5-3-9-23-13)12-4-2-8-21(11-12)17-20-14-6-1-7-18-16(14)24-17/h1,3,5-7,9,12H,2,4,8,10-11H2,(H,19,22)/t12-/m0/s1. The van der Waals surface area contributed by atoms with Crippen molar-refractivity contribution < 1.29 is 4.79 Å². The second-order valence-electron chi connectivity index (χ2n) is 5.91. The largest absolute Gasteiger partial charge is 0.351 e. The predicted octanol–water partition coefficient (Wildman–Crippen LogP) is 3.29. The molecule has 4 heterocycles. The van der Waals surface area contributed by atoms with Gasteiger partial charge >= 0.3 is 0 Å². The summed E-state index contributed by atoms with van der Waals surface area (Å²) in [5.74, 6) is 0.172. The van der Waals surface area contributed by atoms with Crippen LogP contribution >= 0.6 is 22.7 Å². The van der Waals surface area contributed by atoms with Gasteiger partial charge in [0.1, 0.15) is 10.3 Å². The smallest absolute Gasteiger partial charge is 0.225 e. The highest BCUT2D eigenvalue weighted by Crippen LogP contribution is 2.30. The SMILES string of the molecule is O=C(NCc1cccs1)[C@H]1CCCN(c2nc3cccnc3s2)C1. The number of hydrogen-bond acceptors (Lipinski definition) is 6. The minimum atomic E-state index is 0.0266. The predicted molar refractivity (Wildman–Crippen MR) is 98.5 cm³/mol. The molecule has 4 rings (SSSR count). The summed E-state index contributed by atoms with van der Waals surface area (Å²) in [5.41, 5.74) is 0.932. The summed E-state index contributed by atoms with van der Waals surface area (Å²) >= 11 is 3.27. The van der Waals surface area contributed by atoms with Crippen molar-refractivity contribution in [2.45, 2.75) is 19.4 Å². The third-order valence-electron chi connectivity index (χ3n) is 4.23. The lowest BCUT2D eigenvalue weighted by Crippen LogP contribution is -2.42. The van der Waals surface area contributed by atoms with Gasteiger partial charge in [-0.1, -0.05) is 17.4 Å². The molecular weight excluding hydrogens is 340 g/mol. The highest BCUT2D eigenvalue weighted by molar-refractivity contribution is 7.21. The first-order valence-corrected chi connectivity index (χ1v) is 9.76. The molecule has 1 aliphatic rings. The van der Waals surface area contributed by atoms with Crippen molar-refractivity contribution >= 4 is 44.1 Å². The van der Waals surface area contributed by atoms with E-state index in [1.807, 2.05) is 29.6 Å². The van der Waals surface area contributed by atoms with E-state index in [2.05, 4.69) is 20.2 Å². The van der Waals surface area contributed by atoms with Crippen molar-refractivity contribution in [3.05, 3.63) is 40.7 Å². The average molecular weight is 358 g/mol. The molecule has 1 amide bonds. The number of nitrogens with one attached hydrogen (secondary N) is 1. The van der Waals surface area contributed by atoms with Gasteiger partial charge in [0.2, 0.25) is 5.91 Å². The van der Waals surface area contributed by atoms with Gasteiger partial charge in [-0.2, -0.15) is 0 Å². The van der Waals surface area contributed by atoms with Crippen LogP contribution in [0.4, 0.5) is 5.13 Å². The van der Waals surface area contributed by atoms with Crippen LogP contribution in [0.2, 0.25) is 0 Å². The molecular formula is C17H18N4OS2. The van der Waals surface area contributed by atoms with E-state index in [9.17, 15) is 4.79 Å². The van der Waals surface area contributed by atoms with Crippen molar-refractivity contribution in [1.82, 2.24) is 15.3 Å². The number of rotatable bonds is 4. The number of carbonyl (C=O) groups excluding carboxylic acids is 1. The first kappa shape index (κ1) is 15.5. The maximum Gasteiger partial charge on any atom is 0.225 e. The van der Waals surface area contributed by atoms with Crippen LogP contribution in [-0.4, -0.2) is 29.0 Å². The Labute approximate surface area is 148 Å². The molecule has 0 spiro atoms. The number of hydrogen-bond donors (Lipinski definition) is 1. The molecule has 0 aromatic carbocycles. The van der Waals surface area contributed by atoms with Gasteiger partial charge in [0.15, 0.2) is 5.13 Å². The Morgan fingerprint density at radius 2 is 2.33 bits per heavy atom. The Balaban J connectivity index is 1.42. The zero-order chi connectivity index (χ0) is 16.4. The molecule has 1 N–H and O–H groups in total. The van der Waals surface area contributed by atoms with E-state index in [1.54, 1.807) is 28.9 Å². The molecule has 0 radical (unpaired) electrons.